The van der Waals surface area contributed by atoms with Crippen LogP contribution < -0.4 is 14.8 Å². The van der Waals surface area contributed by atoms with Gasteiger partial charge in [0.15, 0.2) is 11.5 Å². The number of methoxy groups -OCH3 is 1. The Morgan fingerprint density at radius 2 is 2.18 bits per heavy atom. The van der Waals surface area contributed by atoms with E-state index >= 15 is 0 Å². The van der Waals surface area contributed by atoms with Crippen LogP contribution in [0.2, 0.25) is 0 Å². The van der Waals surface area contributed by atoms with Gasteiger partial charge in [0.1, 0.15) is 0 Å². The van der Waals surface area contributed by atoms with Crippen molar-refractivity contribution in [2.45, 2.75) is 6.92 Å². The Bertz CT molecular complexity index is 391. The van der Waals surface area contributed by atoms with E-state index < -0.39 is 0 Å². The largest absolute Gasteiger partial charge is 0.492 e. The van der Waals surface area contributed by atoms with Gasteiger partial charge in [-0.05, 0) is 47.6 Å². The zero-order chi connectivity index (χ0) is 12.7. The number of benzene rings is 1. The van der Waals surface area contributed by atoms with Crippen LogP contribution in [0.4, 0.5) is 0 Å². The minimum absolute atomic E-state index is 0.618. The minimum Gasteiger partial charge on any atom is -0.492 e. The van der Waals surface area contributed by atoms with Crippen LogP contribution in [0.5, 0.6) is 11.5 Å². The van der Waals surface area contributed by atoms with E-state index in [1.165, 1.54) is 0 Å². The van der Waals surface area contributed by atoms with Crippen LogP contribution in [0.1, 0.15) is 12.5 Å². The molecule has 0 saturated carbocycles. The maximum absolute atomic E-state index is 5.55. The molecule has 0 radical (unpaired) electrons. The quantitative estimate of drug-likeness (QED) is 0.876. The molecule has 0 unspecified atom stereocenters. The van der Waals surface area contributed by atoms with E-state index in [9.17, 15) is 0 Å². The highest BCUT2D eigenvalue weighted by atomic mass is 79.9. The second-order valence-corrected chi connectivity index (χ2v) is 4.28. The molecule has 0 aliphatic rings. The number of ether oxygens (including phenoxy) is 2. The topological polar surface area (TPSA) is 30.5 Å². The second kappa shape index (κ2) is 7.35. The third kappa shape index (κ3) is 4.06. The lowest BCUT2D eigenvalue weighted by Crippen LogP contribution is -2.03. The van der Waals surface area contributed by atoms with E-state index in [0.29, 0.717) is 6.61 Å². The van der Waals surface area contributed by atoms with Gasteiger partial charge in [0.05, 0.1) is 18.2 Å². The van der Waals surface area contributed by atoms with Crippen molar-refractivity contribution in [3.63, 3.8) is 0 Å². The van der Waals surface area contributed by atoms with Crippen LogP contribution in [0, 0.1) is 0 Å². The molecule has 0 atom stereocenters. The van der Waals surface area contributed by atoms with E-state index in [1.807, 2.05) is 32.2 Å². The molecule has 1 aromatic rings. The second-order valence-electron chi connectivity index (χ2n) is 3.43. The van der Waals surface area contributed by atoms with E-state index in [2.05, 4.69) is 27.3 Å². The van der Waals surface area contributed by atoms with Crippen molar-refractivity contribution in [2.24, 2.45) is 0 Å². The number of hydrogen-bond donors (Lipinski definition) is 1. The van der Waals surface area contributed by atoms with Crippen LogP contribution in [0.3, 0.4) is 0 Å². The summed E-state index contributed by atoms with van der Waals surface area (Å²) in [5.41, 5.74) is 1.08. The SMILES string of the molecule is CCOc1cc(C=CCNC)cc(Br)c1OC. The number of halogens is 1. The number of nitrogens with one attached hydrogen (secondary N) is 1. The van der Waals surface area contributed by atoms with Crippen molar-refractivity contribution in [3.8, 4) is 11.5 Å². The summed E-state index contributed by atoms with van der Waals surface area (Å²) in [6.45, 7) is 3.41. The fraction of sp³-hybridized carbons (Fsp3) is 0.385. The van der Waals surface area contributed by atoms with Gasteiger partial charge in [0.2, 0.25) is 0 Å². The van der Waals surface area contributed by atoms with Crippen molar-refractivity contribution in [1.82, 2.24) is 5.32 Å². The van der Waals surface area contributed by atoms with Crippen LogP contribution >= 0.6 is 15.9 Å². The van der Waals surface area contributed by atoms with E-state index in [0.717, 1.165) is 28.1 Å². The number of likely N-dealkylation sites (N-methyl/N-ethyl adjacent to an activating group) is 1. The lowest BCUT2D eigenvalue weighted by molar-refractivity contribution is 0.310. The molecule has 4 heteroatoms. The van der Waals surface area contributed by atoms with Gasteiger partial charge in [-0.15, -0.1) is 0 Å². The Morgan fingerprint density at radius 3 is 2.76 bits per heavy atom. The number of hydrogen-bond acceptors (Lipinski definition) is 3. The summed E-state index contributed by atoms with van der Waals surface area (Å²) in [6.07, 6.45) is 4.10. The summed E-state index contributed by atoms with van der Waals surface area (Å²) in [7, 11) is 3.55. The van der Waals surface area contributed by atoms with E-state index in [1.54, 1.807) is 7.11 Å². The lowest BCUT2D eigenvalue weighted by atomic mass is 10.2. The summed E-state index contributed by atoms with van der Waals surface area (Å²) in [5.74, 6) is 1.49. The summed E-state index contributed by atoms with van der Waals surface area (Å²) in [5, 5.41) is 3.06. The molecule has 0 bridgehead atoms. The highest BCUT2D eigenvalue weighted by Crippen LogP contribution is 2.36. The third-order valence-electron chi connectivity index (χ3n) is 2.17. The highest BCUT2D eigenvalue weighted by molar-refractivity contribution is 9.10. The fourth-order valence-electron chi connectivity index (χ4n) is 1.46. The maximum atomic E-state index is 5.55. The Morgan fingerprint density at radius 1 is 1.41 bits per heavy atom. The van der Waals surface area contributed by atoms with Gasteiger partial charge in [-0.2, -0.15) is 0 Å². The molecular weight excluding hydrogens is 282 g/mol. The summed E-state index contributed by atoms with van der Waals surface area (Å²) >= 11 is 3.48. The zero-order valence-corrected chi connectivity index (χ0v) is 12.0. The monoisotopic (exact) mass is 299 g/mol. The van der Waals surface area contributed by atoms with Crippen LogP contribution in [0.15, 0.2) is 22.7 Å². The first kappa shape index (κ1) is 14.1. The van der Waals surface area contributed by atoms with Crippen molar-refractivity contribution >= 4 is 22.0 Å². The first-order valence-electron chi connectivity index (χ1n) is 5.54. The molecule has 0 amide bonds. The molecule has 0 spiro atoms. The molecular formula is C13H18BrNO2. The lowest BCUT2D eigenvalue weighted by Gasteiger charge is -2.12. The molecule has 94 valence electrons. The summed E-state index contributed by atoms with van der Waals surface area (Å²) in [4.78, 5) is 0. The van der Waals surface area contributed by atoms with E-state index in [4.69, 9.17) is 9.47 Å². The van der Waals surface area contributed by atoms with Crippen molar-refractivity contribution in [1.29, 1.82) is 0 Å². The van der Waals surface area contributed by atoms with Gasteiger partial charge in [0, 0.05) is 6.54 Å². The first-order valence-corrected chi connectivity index (χ1v) is 6.33. The molecule has 3 nitrogen and oxygen atoms in total. The van der Waals surface area contributed by atoms with Gasteiger partial charge in [0.25, 0.3) is 0 Å². The standard InChI is InChI=1S/C13H18BrNO2/c1-4-17-12-9-10(6-5-7-15-2)8-11(14)13(12)16-3/h5-6,8-9,15H,4,7H2,1-3H3. The van der Waals surface area contributed by atoms with Crippen molar-refractivity contribution in [3.05, 3.63) is 28.2 Å². The molecule has 0 aliphatic carbocycles. The van der Waals surface area contributed by atoms with Crippen molar-refractivity contribution < 1.29 is 9.47 Å². The molecule has 0 aliphatic heterocycles. The molecule has 1 aromatic carbocycles. The normalized spacial score (nSPS) is 10.8. The third-order valence-corrected chi connectivity index (χ3v) is 2.76. The Hall–Kier alpha value is -1.00. The maximum Gasteiger partial charge on any atom is 0.174 e. The van der Waals surface area contributed by atoms with Gasteiger partial charge in [-0.1, -0.05) is 12.2 Å². The van der Waals surface area contributed by atoms with Crippen LogP contribution in [0.25, 0.3) is 6.08 Å². The molecule has 0 heterocycles. The van der Waals surface area contributed by atoms with Gasteiger partial charge >= 0.3 is 0 Å². The van der Waals surface area contributed by atoms with Crippen LogP contribution in [-0.2, 0) is 0 Å². The van der Waals surface area contributed by atoms with Gasteiger partial charge < -0.3 is 14.8 Å². The molecule has 0 saturated heterocycles. The Balaban J connectivity index is 3.01. The van der Waals surface area contributed by atoms with Crippen LogP contribution in [-0.4, -0.2) is 27.3 Å². The predicted molar refractivity (Wildman–Crippen MR) is 74.8 cm³/mol. The molecule has 1 rings (SSSR count). The number of rotatable bonds is 6. The predicted octanol–water partition coefficient (Wildman–Crippen LogP) is 3.09. The molecule has 0 fully saturated rings. The average Bonchev–Trinajstić information content (AvgIpc) is 2.30. The summed E-state index contributed by atoms with van der Waals surface area (Å²) < 4.78 is 11.8. The fourth-order valence-corrected chi connectivity index (χ4v) is 2.08. The highest BCUT2D eigenvalue weighted by Gasteiger charge is 2.09. The first-order chi connectivity index (χ1) is 8.22. The molecule has 17 heavy (non-hydrogen) atoms. The summed E-state index contributed by atoms with van der Waals surface area (Å²) in [6, 6.07) is 3.98. The van der Waals surface area contributed by atoms with Crippen molar-refractivity contribution in [2.75, 3.05) is 27.3 Å². The average molecular weight is 300 g/mol. The smallest absolute Gasteiger partial charge is 0.174 e. The van der Waals surface area contributed by atoms with E-state index in [-0.39, 0.29) is 0 Å². The zero-order valence-electron chi connectivity index (χ0n) is 10.4. The molecule has 1 N–H and O–H groups in total. The van der Waals surface area contributed by atoms with Gasteiger partial charge in [-0.25, -0.2) is 0 Å². The Labute approximate surface area is 111 Å². The van der Waals surface area contributed by atoms with Gasteiger partial charge in [-0.3, -0.25) is 0 Å². The molecule has 0 aromatic heterocycles. The Kier molecular flexibility index (Phi) is 6.08. The minimum atomic E-state index is 0.618.